The molecule has 2 unspecified atom stereocenters. The normalized spacial score (nSPS) is 23.9. The van der Waals surface area contributed by atoms with Crippen molar-refractivity contribution in [1.82, 2.24) is 5.32 Å². The molecule has 4 heteroatoms. The Morgan fingerprint density at radius 1 is 1.39 bits per heavy atom. The van der Waals surface area contributed by atoms with Gasteiger partial charge in [-0.15, -0.1) is 0 Å². The van der Waals surface area contributed by atoms with Crippen LogP contribution in [0, 0.1) is 0 Å². The average molecular weight is 266 g/mol. The zero-order chi connectivity index (χ0) is 12.5. The van der Waals surface area contributed by atoms with E-state index < -0.39 is 0 Å². The molecule has 1 N–H and O–H groups in total. The first-order chi connectivity index (χ1) is 8.75. The SMILES string of the molecule is CC1OCCC1NCc1c(Cl)oc2ccccc12. The molecule has 2 aromatic rings. The molecule has 1 fully saturated rings. The summed E-state index contributed by atoms with van der Waals surface area (Å²) in [7, 11) is 0. The maximum atomic E-state index is 6.15. The summed E-state index contributed by atoms with van der Waals surface area (Å²) in [4.78, 5) is 0. The minimum atomic E-state index is 0.266. The van der Waals surface area contributed by atoms with E-state index >= 15 is 0 Å². The number of benzene rings is 1. The highest BCUT2D eigenvalue weighted by atomic mass is 35.5. The molecular weight excluding hydrogens is 250 g/mol. The van der Waals surface area contributed by atoms with E-state index in [0.717, 1.165) is 29.6 Å². The fraction of sp³-hybridized carbons (Fsp3) is 0.429. The summed E-state index contributed by atoms with van der Waals surface area (Å²) >= 11 is 6.15. The zero-order valence-corrected chi connectivity index (χ0v) is 11.0. The largest absolute Gasteiger partial charge is 0.444 e. The van der Waals surface area contributed by atoms with Crippen molar-refractivity contribution in [3.05, 3.63) is 35.0 Å². The van der Waals surface area contributed by atoms with Gasteiger partial charge in [-0.1, -0.05) is 18.2 Å². The Morgan fingerprint density at radius 3 is 3.00 bits per heavy atom. The second kappa shape index (κ2) is 4.92. The Balaban J connectivity index is 1.80. The molecule has 96 valence electrons. The van der Waals surface area contributed by atoms with Crippen molar-refractivity contribution in [1.29, 1.82) is 0 Å². The van der Waals surface area contributed by atoms with Crippen LogP contribution in [0.25, 0.3) is 11.0 Å². The fourth-order valence-electron chi connectivity index (χ4n) is 2.47. The van der Waals surface area contributed by atoms with E-state index in [9.17, 15) is 0 Å². The van der Waals surface area contributed by atoms with Crippen LogP contribution < -0.4 is 5.32 Å². The number of furan rings is 1. The van der Waals surface area contributed by atoms with Crippen molar-refractivity contribution in [3.8, 4) is 0 Å². The molecule has 0 bridgehead atoms. The monoisotopic (exact) mass is 265 g/mol. The molecule has 0 amide bonds. The Bertz CT molecular complexity index is 552. The van der Waals surface area contributed by atoms with Crippen LogP contribution in [0.1, 0.15) is 18.9 Å². The Kier molecular flexibility index (Phi) is 3.29. The molecule has 2 atom stereocenters. The number of hydrogen-bond donors (Lipinski definition) is 1. The zero-order valence-electron chi connectivity index (χ0n) is 10.3. The van der Waals surface area contributed by atoms with Gasteiger partial charge in [-0.3, -0.25) is 0 Å². The molecule has 0 aliphatic carbocycles. The van der Waals surface area contributed by atoms with Gasteiger partial charge in [-0.05, 0) is 31.0 Å². The summed E-state index contributed by atoms with van der Waals surface area (Å²) in [6, 6.07) is 8.32. The van der Waals surface area contributed by atoms with E-state index in [1.807, 2.05) is 24.3 Å². The van der Waals surface area contributed by atoms with Crippen LogP contribution in [0.15, 0.2) is 28.7 Å². The summed E-state index contributed by atoms with van der Waals surface area (Å²) in [6.45, 7) is 3.65. The summed E-state index contributed by atoms with van der Waals surface area (Å²) in [6.07, 6.45) is 1.32. The topological polar surface area (TPSA) is 34.4 Å². The number of rotatable bonds is 3. The van der Waals surface area contributed by atoms with Crippen LogP contribution in [0.3, 0.4) is 0 Å². The smallest absolute Gasteiger partial charge is 0.199 e. The standard InChI is InChI=1S/C14H16ClNO2/c1-9-12(6-7-17-9)16-8-11-10-4-2-3-5-13(10)18-14(11)15/h2-5,9,12,16H,6-8H2,1H3. The lowest BCUT2D eigenvalue weighted by Gasteiger charge is -2.15. The number of halogens is 1. The number of hydrogen-bond acceptors (Lipinski definition) is 3. The van der Waals surface area contributed by atoms with Gasteiger partial charge in [0.05, 0.1) is 6.10 Å². The van der Waals surface area contributed by atoms with E-state index in [1.165, 1.54) is 0 Å². The molecule has 0 radical (unpaired) electrons. The van der Waals surface area contributed by atoms with Gasteiger partial charge in [0, 0.05) is 30.1 Å². The van der Waals surface area contributed by atoms with Crippen LogP contribution in [-0.4, -0.2) is 18.8 Å². The second-order valence-corrected chi connectivity index (χ2v) is 5.05. The number of nitrogens with one attached hydrogen (secondary N) is 1. The maximum absolute atomic E-state index is 6.15. The summed E-state index contributed by atoms with van der Waals surface area (Å²) in [5, 5.41) is 5.06. The van der Waals surface area contributed by atoms with Crippen molar-refractivity contribution >= 4 is 22.6 Å². The van der Waals surface area contributed by atoms with Gasteiger partial charge in [0.15, 0.2) is 5.22 Å². The molecule has 3 nitrogen and oxygen atoms in total. The number of para-hydroxylation sites is 1. The van der Waals surface area contributed by atoms with E-state index in [4.69, 9.17) is 20.8 Å². The summed E-state index contributed by atoms with van der Waals surface area (Å²) < 4.78 is 11.1. The molecule has 1 aliphatic heterocycles. The molecule has 2 heterocycles. The number of fused-ring (bicyclic) bond motifs is 1. The van der Waals surface area contributed by atoms with Gasteiger partial charge in [0.25, 0.3) is 0 Å². The van der Waals surface area contributed by atoms with Crippen LogP contribution >= 0.6 is 11.6 Å². The second-order valence-electron chi connectivity index (χ2n) is 4.70. The van der Waals surface area contributed by atoms with Crippen molar-refractivity contribution in [2.75, 3.05) is 6.61 Å². The van der Waals surface area contributed by atoms with Crippen LogP contribution in [0.4, 0.5) is 0 Å². The molecule has 1 aromatic carbocycles. The van der Waals surface area contributed by atoms with Gasteiger partial charge < -0.3 is 14.5 Å². The average Bonchev–Trinajstić information content (AvgIpc) is 2.90. The fourth-order valence-corrected chi connectivity index (χ4v) is 2.72. The molecule has 1 saturated heterocycles. The van der Waals surface area contributed by atoms with E-state index in [1.54, 1.807) is 0 Å². The Labute approximate surface area is 111 Å². The van der Waals surface area contributed by atoms with Crippen LogP contribution in [0.2, 0.25) is 5.22 Å². The van der Waals surface area contributed by atoms with Crippen molar-refractivity contribution < 1.29 is 9.15 Å². The van der Waals surface area contributed by atoms with Crippen LogP contribution in [-0.2, 0) is 11.3 Å². The highest BCUT2D eigenvalue weighted by Crippen LogP contribution is 2.29. The number of ether oxygens (including phenoxy) is 1. The first-order valence-electron chi connectivity index (χ1n) is 6.26. The molecule has 3 rings (SSSR count). The highest BCUT2D eigenvalue weighted by molar-refractivity contribution is 6.30. The van der Waals surface area contributed by atoms with E-state index in [-0.39, 0.29) is 6.10 Å². The molecule has 1 aliphatic rings. The van der Waals surface area contributed by atoms with Gasteiger partial charge >= 0.3 is 0 Å². The third kappa shape index (κ3) is 2.14. The summed E-state index contributed by atoms with van der Waals surface area (Å²) in [5.74, 6) is 0. The van der Waals surface area contributed by atoms with Crippen molar-refractivity contribution in [2.24, 2.45) is 0 Å². The van der Waals surface area contributed by atoms with Gasteiger partial charge in [-0.2, -0.15) is 0 Å². The first kappa shape index (κ1) is 12.0. The van der Waals surface area contributed by atoms with Gasteiger partial charge in [0.1, 0.15) is 5.58 Å². The van der Waals surface area contributed by atoms with Crippen LogP contribution in [0.5, 0.6) is 0 Å². The molecular formula is C14H16ClNO2. The molecule has 0 spiro atoms. The molecule has 18 heavy (non-hydrogen) atoms. The van der Waals surface area contributed by atoms with Crippen molar-refractivity contribution in [3.63, 3.8) is 0 Å². The lowest BCUT2D eigenvalue weighted by Crippen LogP contribution is -2.34. The predicted molar refractivity (Wildman–Crippen MR) is 71.9 cm³/mol. The first-order valence-corrected chi connectivity index (χ1v) is 6.64. The minimum Gasteiger partial charge on any atom is -0.444 e. The Morgan fingerprint density at radius 2 is 2.22 bits per heavy atom. The Hall–Kier alpha value is -1.03. The quantitative estimate of drug-likeness (QED) is 0.924. The summed E-state index contributed by atoms with van der Waals surface area (Å²) in [5.41, 5.74) is 1.88. The van der Waals surface area contributed by atoms with Gasteiger partial charge in [0.2, 0.25) is 0 Å². The van der Waals surface area contributed by atoms with Crippen molar-refractivity contribution in [2.45, 2.75) is 32.0 Å². The lowest BCUT2D eigenvalue weighted by atomic mass is 10.1. The third-order valence-electron chi connectivity index (χ3n) is 3.57. The minimum absolute atomic E-state index is 0.266. The predicted octanol–water partition coefficient (Wildman–Crippen LogP) is 3.35. The van der Waals surface area contributed by atoms with Gasteiger partial charge in [-0.25, -0.2) is 0 Å². The highest BCUT2D eigenvalue weighted by Gasteiger charge is 2.24. The lowest BCUT2D eigenvalue weighted by molar-refractivity contribution is 0.113. The van der Waals surface area contributed by atoms with E-state index in [0.29, 0.717) is 17.8 Å². The molecule has 1 aromatic heterocycles. The van der Waals surface area contributed by atoms with E-state index in [2.05, 4.69) is 12.2 Å². The molecule has 0 saturated carbocycles. The third-order valence-corrected chi connectivity index (χ3v) is 3.87. The maximum Gasteiger partial charge on any atom is 0.199 e.